The van der Waals surface area contributed by atoms with Gasteiger partial charge in [-0.1, -0.05) is 0 Å². The van der Waals surface area contributed by atoms with Gasteiger partial charge in [0.25, 0.3) is 5.91 Å². The Morgan fingerprint density at radius 1 is 1.24 bits per heavy atom. The lowest BCUT2D eigenvalue weighted by molar-refractivity contribution is -0.139. The van der Waals surface area contributed by atoms with Crippen LogP contribution in [0.1, 0.15) is 36.0 Å². The van der Waals surface area contributed by atoms with Crippen molar-refractivity contribution >= 4 is 5.91 Å². The summed E-state index contributed by atoms with van der Waals surface area (Å²) in [6, 6.07) is 3.57. The van der Waals surface area contributed by atoms with Crippen LogP contribution in [0.2, 0.25) is 0 Å². The lowest BCUT2D eigenvalue weighted by Gasteiger charge is -2.43. The van der Waals surface area contributed by atoms with Gasteiger partial charge in [-0.25, -0.2) is 4.98 Å². The molecule has 2 fully saturated rings. The highest BCUT2D eigenvalue weighted by Gasteiger charge is 2.39. The van der Waals surface area contributed by atoms with Gasteiger partial charge < -0.3 is 14.8 Å². The van der Waals surface area contributed by atoms with Gasteiger partial charge in [0.15, 0.2) is 0 Å². The molecular weight excluding hydrogens is 322 g/mol. The molecular formula is C17H21N5O3. The highest BCUT2D eigenvalue weighted by molar-refractivity contribution is 5.94. The van der Waals surface area contributed by atoms with Crippen molar-refractivity contribution < 1.29 is 14.3 Å². The molecule has 0 radical (unpaired) electrons. The van der Waals surface area contributed by atoms with E-state index >= 15 is 0 Å². The van der Waals surface area contributed by atoms with Gasteiger partial charge in [0.05, 0.1) is 5.60 Å². The Bertz CT molecular complexity index is 722. The molecule has 1 amide bonds. The van der Waals surface area contributed by atoms with Crippen LogP contribution in [0.3, 0.4) is 0 Å². The zero-order valence-corrected chi connectivity index (χ0v) is 13.9. The molecule has 2 aliphatic rings. The monoisotopic (exact) mass is 343 g/mol. The lowest BCUT2D eigenvalue weighted by atomic mass is 9.84. The molecule has 1 N–H and O–H groups in total. The molecule has 2 aromatic heterocycles. The van der Waals surface area contributed by atoms with Crippen molar-refractivity contribution in [2.24, 2.45) is 0 Å². The van der Waals surface area contributed by atoms with Crippen molar-refractivity contribution in [2.45, 2.75) is 37.3 Å². The molecule has 4 rings (SSSR count). The molecule has 4 heterocycles. The van der Waals surface area contributed by atoms with E-state index in [1.165, 1.54) is 0 Å². The summed E-state index contributed by atoms with van der Waals surface area (Å²) in [5.41, 5.74) is 0.437. The van der Waals surface area contributed by atoms with Crippen LogP contribution in [0.15, 0.2) is 31.0 Å². The number of ether oxygens (including phenoxy) is 2. The van der Waals surface area contributed by atoms with Crippen LogP contribution in [0.4, 0.5) is 0 Å². The summed E-state index contributed by atoms with van der Waals surface area (Å²) in [7, 11) is 0. The fourth-order valence-electron chi connectivity index (χ4n) is 3.53. The second-order valence-corrected chi connectivity index (χ2v) is 6.58. The van der Waals surface area contributed by atoms with Crippen molar-refractivity contribution in [3.05, 3.63) is 36.5 Å². The molecule has 132 valence electrons. The van der Waals surface area contributed by atoms with Gasteiger partial charge in [0.1, 0.15) is 18.5 Å². The Hall–Kier alpha value is -2.32. The minimum Gasteiger partial charge on any atom is -0.381 e. The molecule has 2 saturated heterocycles. The molecule has 1 unspecified atom stereocenters. The quantitative estimate of drug-likeness (QED) is 0.898. The summed E-state index contributed by atoms with van der Waals surface area (Å²) < 4.78 is 13.1. The molecule has 0 bridgehead atoms. The van der Waals surface area contributed by atoms with Crippen molar-refractivity contribution in [2.75, 3.05) is 19.8 Å². The summed E-state index contributed by atoms with van der Waals surface area (Å²) in [4.78, 5) is 16.9. The van der Waals surface area contributed by atoms with Gasteiger partial charge in [0.2, 0.25) is 0 Å². The van der Waals surface area contributed by atoms with Crippen molar-refractivity contribution in [1.82, 2.24) is 25.1 Å². The Morgan fingerprint density at radius 2 is 2.04 bits per heavy atom. The Morgan fingerprint density at radius 3 is 2.84 bits per heavy atom. The maximum absolute atomic E-state index is 12.7. The van der Waals surface area contributed by atoms with Gasteiger partial charge in [-0.05, 0) is 37.8 Å². The summed E-state index contributed by atoms with van der Waals surface area (Å²) in [5.74, 6) is 0.524. The average molecular weight is 343 g/mol. The number of aromatic nitrogens is 4. The standard InChI is InChI=1S/C17H21N5O3/c23-16(13-1-5-18-15(9-13)22-11-19-20-12-22)21-14-2-6-25-17(10-14)3-7-24-8-4-17/h1,5,9,11-12,14H,2-4,6-8,10H2,(H,21,23). The summed E-state index contributed by atoms with van der Waals surface area (Å²) in [6.45, 7) is 2.13. The van der Waals surface area contributed by atoms with Gasteiger partial charge in [-0.15, -0.1) is 10.2 Å². The maximum atomic E-state index is 12.7. The van der Waals surface area contributed by atoms with Crippen LogP contribution in [0, 0.1) is 0 Å². The molecule has 0 aliphatic carbocycles. The predicted octanol–water partition coefficient (Wildman–Crippen LogP) is 1.12. The highest BCUT2D eigenvalue weighted by Crippen LogP contribution is 2.34. The summed E-state index contributed by atoms with van der Waals surface area (Å²) in [6.07, 6.45) is 8.19. The molecule has 1 spiro atoms. The predicted molar refractivity (Wildman–Crippen MR) is 88.4 cm³/mol. The minimum absolute atomic E-state index is 0.0918. The van der Waals surface area contributed by atoms with Gasteiger partial charge >= 0.3 is 0 Å². The number of pyridine rings is 1. The number of hydrogen-bond acceptors (Lipinski definition) is 6. The molecule has 0 saturated carbocycles. The number of carbonyl (C=O) groups is 1. The number of nitrogens with one attached hydrogen (secondary N) is 1. The third kappa shape index (κ3) is 3.54. The van der Waals surface area contributed by atoms with E-state index in [0.29, 0.717) is 18.0 Å². The Kier molecular flexibility index (Phi) is 4.46. The number of hydrogen-bond donors (Lipinski definition) is 1. The number of amides is 1. The van der Waals surface area contributed by atoms with Gasteiger partial charge in [0, 0.05) is 37.6 Å². The third-order valence-corrected chi connectivity index (χ3v) is 4.92. The fraction of sp³-hybridized carbons (Fsp3) is 0.529. The first-order valence-corrected chi connectivity index (χ1v) is 8.58. The van der Waals surface area contributed by atoms with E-state index in [1.54, 1.807) is 35.6 Å². The van der Waals surface area contributed by atoms with E-state index in [-0.39, 0.29) is 17.6 Å². The lowest BCUT2D eigenvalue weighted by Crippen LogP contribution is -2.51. The minimum atomic E-state index is -0.139. The van der Waals surface area contributed by atoms with E-state index in [4.69, 9.17) is 9.47 Å². The van der Waals surface area contributed by atoms with E-state index < -0.39 is 0 Å². The molecule has 0 aromatic carbocycles. The van der Waals surface area contributed by atoms with Crippen molar-refractivity contribution in [1.29, 1.82) is 0 Å². The first kappa shape index (κ1) is 16.2. The SMILES string of the molecule is O=C(NC1CCOC2(CCOCC2)C1)c1ccnc(-n2cnnc2)c1. The summed E-state index contributed by atoms with van der Waals surface area (Å²) >= 11 is 0. The second kappa shape index (κ2) is 6.89. The number of carbonyl (C=O) groups excluding carboxylic acids is 1. The van der Waals surface area contributed by atoms with Crippen LogP contribution < -0.4 is 5.32 Å². The van der Waals surface area contributed by atoms with Gasteiger partial charge in [-0.3, -0.25) is 9.36 Å². The van der Waals surface area contributed by atoms with Crippen molar-refractivity contribution in [3.8, 4) is 5.82 Å². The average Bonchev–Trinajstić information content (AvgIpc) is 3.17. The van der Waals surface area contributed by atoms with E-state index in [9.17, 15) is 4.79 Å². The first-order chi connectivity index (χ1) is 12.2. The highest BCUT2D eigenvalue weighted by atomic mass is 16.5. The van der Waals surface area contributed by atoms with Gasteiger partial charge in [-0.2, -0.15) is 0 Å². The van der Waals surface area contributed by atoms with Crippen LogP contribution in [-0.2, 0) is 9.47 Å². The summed E-state index contributed by atoms with van der Waals surface area (Å²) in [5, 5.41) is 10.7. The fourth-order valence-corrected chi connectivity index (χ4v) is 3.53. The molecule has 25 heavy (non-hydrogen) atoms. The molecule has 2 aliphatic heterocycles. The van der Waals surface area contributed by atoms with Crippen LogP contribution >= 0.6 is 0 Å². The number of nitrogens with zero attached hydrogens (tertiary/aromatic N) is 4. The third-order valence-electron chi connectivity index (χ3n) is 4.92. The maximum Gasteiger partial charge on any atom is 0.251 e. The molecule has 8 nitrogen and oxygen atoms in total. The van der Waals surface area contributed by atoms with Crippen LogP contribution in [-0.4, -0.2) is 57.1 Å². The topological polar surface area (TPSA) is 91.2 Å². The van der Waals surface area contributed by atoms with E-state index in [0.717, 1.165) is 38.9 Å². The Balaban J connectivity index is 1.44. The first-order valence-electron chi connectivity index (χ1n) is 8.58. The van der Waals surface area contributed by atoms with Crippen LogP contribution in [0.25, 0.3) is 5.82 Å². The second-order valence-electron chi connectivity index (χ2n) is 6.58. The molecule has 2 aromatic rings. The normalized spacial score (nSPS) is 22.6. The van der Waals surface area contributed by atoms with Crippen LogP contribution in [0.5, 0.6) is 0 Å². The van der Waals surface area contributed by atoms with E-state index in [1.807, 2.05) is 0 Å². The van der Waals surface area contributed by atoms with E-state index in [2.05, 4.69) is 20.5 Å². The number of rotatable bonds is 3. The largest absolute Gasteiger partial charge is 0.381 e. The zero-order chi connectivity index (χ0) is 17.1. The Labute approximate surface area is 145 Å². The zero-order valence-electron chi connectivity index (χ0n) is 13.9. The smallest absolute Gasteiger partial charge is 0.251 e. The molecule has 8 heteroatoms. The van der Waals surface area contributed by atoms with Crippen molar-refractivity contribution in [3.63, 3.8) is 0 Å². The molecule has 1 atom stereocenters.